The Morgan fingerprint density at radius 2 is 2.04 bits per heavy atom. The van der Waals surface area contributed by atoms with Crippen LogP contribution in [-0.2, 0) is 11.3 Å². The second kappa shape index (κ2) is 7.56. The van der Waals surface area contributed by atoms with Crippen molar-refractivity contribution in [3.63, 3.8) is 0 Å². The third-order valence-corrected chi connectivity index (χ3v) is 4.07. The van der Waals surface area contributed by atoms with E-state index in [4.69, 9.17) is 15.9 Å². The molecular formula is C16H21N5O4S. The Morgan fingerprint density at radius 3 is 2.54 bits per heavy atom. The number of anilines is 1. The van der Waals surface area contributed by atoms with Crippen molar-refractivity contribution in [3.05, 3.63) is 34.7 Å². The number of amides is 3. The summed E-state index contributed by atoms with van der Waals surface area (Å²) < 4.78 is 9.09. The maximum Gasteiger partial charge on any atom is 0.270 e. The number of rotatable bonds is 6. The number of nitrogen functional groups attached to an aromatic ring is 1. The van der Waals surface area contributed by atoms with Crippen molar-refractivity contribution in [1.29, 1.82) is 0 Å². The van der Waals surface area contributed by atoms with Crippen LogP contribution in [0, 0.1) is 0 Å². The lowest BCUT2D eigenvalue weighted by atomic mass is 10.1. The van der Waals surface area contributed by atoms with Gasteiger partial charge in [0.05, 0.1) is 18.5 Å². The molecule has 0 spiro atoms. The van der Waals surface area contributed by atoms with Gasteiger partial charge in [-0.15, -0.1) is 0 Å². The van der Waals surface area contributed by atoms with Crippen LogP contribution < -0.4 is 16.8 Å². The summed E-state index contributed by atoms with van der Waals surface area (Å²) in [6.07, 6.45) is 1.47. The molecule has 0 aromatic carbocycles. The Kier molecular flexibility index (Phi) is 5.66. The smallest absolute Gasteiger partial charge is 0.270 e. The number of hydrogen-bond acceptors (Lipinski definition) is 7. The number of nitrogens with zero attached hydrogens (tertiary/aromatic N) is 2. The summed E-state index contributed by atoms with van der Waals surface area (Å²) >= 11 is 0.764. The molecule has 2 aromatic rings. The van der Waals surface area contributed by atoms with Crippen LogP contribution in [0.1, 0.15) is 46.7 Å². The Hall–Kier alpha value is -2.88. The zero-order valence-corrected chi connectivity index (χ0v) is 15.6. The van der Waals surface area contributed by atoms with Gasteiger partial charge in [-0.25, -0.2) is 0 Å². The van der Waals surface area contributed by atoms with Crippen LogP contribution in [0.2, 0.25) is 0 Å². The molecule has 0 aliphatic rings. The Bertz CT molecular complexity index is 807. The van der Waals surface area contributed by atoms with Gasteiger partial charge in [-0.2, -0.15) is 4.37 Å². The minimum atomic E-state index is -0.819. The van der Waals surface area contributed by atoms with Crippen molar-refractivity contribution in [1.82, 2.24) is 14.6 Å². The molecule has 0 radical (unpaired) electrons. The topological polar surface area (TPSA) is 145 Å². The first-order valence-corrected chi connectivity index (χ1v) is 8.53. The van der Waals surface area contributed by atoms with E-state index in [1.165, 1.54) is 11.2 Å². The van der Waals surface area contributed by atoms with Gasteiger partial charge in [0.2, 0.25) is 5.91 Å². The summed E-state index contributed by atoms with van der Waals surface area (Å²) in [7, 11) is 0. The number of aromatic nitrogens is 1. The van der Waals surface area contributed by atoms with Gasteiger partial charge in [0, 0.05) is 5.54 Å². The van der Waals surface area contributed by atoms with E-state index in [0.29, 0.717) is 5.76 Å². The third-order valence-electron chi connectivity index (χ3n) is 3.22. The Morgan fingerprint density at radius 1 is 1.35 bits per heavy atom. The lowest BCUT2D eigenvalue weighted by Gasteiger charge is -2.25. The molecule has 2 rings (SSSR count). The molecule has 0 bridgehead atoms. The van der Waals surface area contributed by atoms with E-state index in [0.717, 1.165) is 11.5 Å². The number of carbonyl (C=O) groups is 3. The van der Waals surface area contributed by atoms with Crippen molar-refractivity contribution in [2.24, 2.45) is 5.73 Å². The molecule has 10 heteroatoms. The van der Waals surface area contributed by atoms with Crippen LogP contribution in [0.3, 0.4) is 0 Å². The van der Waals surface area contributed by atoms with Gasteiger partial charge in [0.1, 0.15) is 17.2 Å². The molecule has 2 heterocycles. The van der Waals surface area contributed by atoms with Crippen LogP contribution in [0.5, 0.6) is 0 Å². The maximum absolute atomic E-state index is 12.9. The summed E-state index contributed by atoms with van der Waals surface area (Å²) in [5.74, 6) is -1.19. The van der Waals surface area contributed by atoms with Gasteiger partial charge in [0.25, 0.3) is 11.8 Å². The molecule has 26 heavy (non-hydrogen) atoms. The zero-order chi connectivity index (χ0) is 19.5. The first-order chi connectivity index (χ1) is 12.1. The standard InChI is InChI=1S/C16H21N5O4S/c1-16(2,3)19-10(22)8-21(7-9-5-4-6-25-9)15(24)13-11(17)12(14(18)23)20-26-13/h4-6H,7-8,17H2,1-3H3,(H2,18,23)(H,19,22). The highest BCUT2D eigenvalue weighted by Gasteiger charge is 2.27. The largest absolute Gasteiger partial charge is 0.467 e. The first-order valence-electron chi connectivity index (χ1n) is 7.76. The molecule has 0 saturated heterocycles. The predicted molar refractivity (Wildman–Crippen MR) is 96.4 cm³/mol. The molecule has 0 atom stereocenters. The number of primary amides is 1. The molecule has 140 valence electrons. The average molecular weight is 379 g/mol. The second-order valence-electron chi connectivity index (χ2n) is 6.68. The number of furan rings is 1. The highest BCUT2D eigenvalue weighted by atomic mass is 32.1. The summed E-state index contributed by atoms with van der Waals surface area (Å²) in [4.78, 5) is 37.8. The summed E-state index contributed by atoms with van der Waals surface area (Å²) in [5.41, 5.74) is 10.3. The van der Waals surface area contributed by atoms with E-state index in [1.807, 2.05) is 20.8 Å². The fourth-order valence-corrected chi connectivity index (χ4v) is 2.97. The monoisotopic (exact) mass is 379 g/mol. The fourth-order valence-electron chi connectivity index (χ4n) is 2.19. The highest BCUT2D eigenvalue weighted by molar-refractivity contribution is 7.09. The lowest BCUT2D eigenvalue weighted by molar-refractivity contribution is -0.123. The van der Waals surface area contributed by atoms with Gasteiger partial charge in [0.15, 0.2) is 5.69 Å². The van der Waals surface area contributed by atoms with E-state index in [-0.39, 0.29) is 35.3 Å². The number of carbonyl (C=O) groups excluding carboxylic acids is 3. The molecule has 0 aliphatic heterocycles. The van der Waals surface area contributed by atoms with Gasteiger partial charge in [-0.05, 0) is 44.4 Å². The van der Waals surface area contributed by atoms with Gasteiger partial charge >= 0.3 is 0 Å². The quantitative estimate of drug-likeness (QED) is 0.682. The van der Waals surface area contributed by atoms with Crippen LogP contribution in [0.15, 0.2) is 22.8 Å². The number of nitrogens with one attached hydrogen (secondary N) is 1. The van der Waals surface area contributed by atoms with Gasteiger partial charge in [-0.1, -0.05) is 0 Å². The normalized spacial score (nSPS) is 11.2. The predicted octanol–water partition coefficient (Wildman–Crippen LogP) is 0.974. The van der Waals surface area contributed by atoms with Crippen molar-refractivity contribution in [2.45, 2.75) is 32.9 Å². The SMILES string of the molecule is CC(C)(C)NC(=O)CN(Cc1ccco1)C(=O)c1snc(C(N)=O)c1N. The minimum Gasteiger partial charge on any atom is -0.467 e. The van der Waals surface area contributed by atoms with Gasteiger partial charge < -0.3 is 26.1 Å². The lowest BCUT2D eigenvalue weighted by Crippen LogP contribution is -2.47. The van der Waals surface area contributed by atoms with Crippen LogP contribution in [-0.4, -0.2) is 39.1 Å². The van der Waals surface area contributed by atoms with E-state index in [2.05, 4.69) is 9.69 Å². The van der Waals surface area contributed by atoms with Crippen LogP contribution in [0.25, 0.3) is 0 Å². The fraction of sp³-hybridized carbons (Fsp3) is 0.375. The molecule has 3 amide bonds. The number of hydrogen-bond donors (Lipinski definition) is 3. The molecule has 0 aliphatic carbocycles. The molecule has 0 saturated carbocycles. The zero-order valence-electron chi connectivity index (χ0n) is 14.7. The molecule has 9 nitrogen and oxygen atoms in total. The number of nitrogens with two attached hydrogens (primary N) is 2. The molecular weight excluding hydrogens is 358 g/mol. The van der Waals surface area contributed by atoms with Crippen molar-refractivity contribution in [3.8, 4) is 0 Å². The maximum atomic E-state index is 12.9. The summed E-state index contributed by atoms with van der Waals surface area (Å²) in [5, 5.41) is 2.79. The molecule has 2 aromatic heterocycles. The minimum absolute atomic E-state index is 0.0499. The second-order valence-corrected chi connectivity index (χ2v) is 7.45. The van der Waals surface area contributed by atoms with Crippen LogP contribution >= 0.6 is 11.5 Å². The van der Waals surface area contributed by atoms with E-state index < -0.39 is 17.4 Å². The van der Waals surface area contributed by atoms with Gasteiger partial charge in [-0.3, -0.25) is 14.4 Å². The Labute approximate surface area is 154 Å². The van der Waals surface area contributed by atoms with Crippen molar-refractivity contribution < 1.29 is 18.8 Å². The Balaban J connectivity index is 2.26. The summed E-state index contributed by atoms with van der Waals surface area (Å²) in [6, 6.07) is 3.37. The summed E-state index contributed by atoms with van der Waals surface area (Å²) in [6.45, 7) is 5.37. The first kappa shape index (κ1) is 19.4. The molecule has 0 fully saturated rings. The van der Waals surface area contributed by atoms with E-state index in [9.17, 15) is 14.4 Å². The van der Waals surface area contributed by atoms with E-state index in [1.54, 1.807) is 12.1 Å². The highest BCUT2D eigenvalue weighted by Crippen LogP contribution is 2.24. The van der Waals surface area contributed by atoms with Crippen molar-refractivity contribution in [2.75, 3.05) is 12.3 Å². The van der Waals surface area contributed by atoms with Crippen molar-refractivity contribution >= 4 is 34.9 Å². The molecule has 0 unspecified atom stereocenters. The average Bonchev–Trinajstić information content (AvgIpc) is 3.13. The third kappa shape index (κ3) is 4.82. The van der Waals surface area contributed by atoms with E-state index >= 15 is 0 Å². The van der Waals surface area contributed by atoms with Crippen LogP contribution in [0.4, 0.5) is 5.69 Å². The molecule has 5 N–H and O–H groups in total.